The van der Waals surface area contributed by atoms with Gasteiger partial charge in [0, 0.05) is 24.4 Å². The first-order valence-corrected chi connectivity index (χ1v) is 8.31. The molecule has 0 fully saturated rings. The summed E-state index contributed by atoms with van der Waals surface area (Å²) >= 11 is 1.77. The predicted molar refractivity (Wildman–Crippen MR) is 82.4 cm³/mol. The molecule has 0 unspecified atom stereocenters. The van der Waals surface area contributed by atoms with E-state index in [2.05, 4.69) is 23.7 Å². The molecule has 1 N–H and O–H groups in total. The minimum absolute atomic E-state index is 0.0931. The Morgan fingerprint density at radius 3 is 3.00 bits per heavy atom. The van der Waals surface area contributed by atoms with Gasteiger partial charge in [0.05, 0.1) is 12.6 Å². The van der Waals surface area contributed by atoms with Crippen molar-refractivity contribution in [3.8, 4) is 0 Å². The lowest BCUT2D eigenvalue weighted by Crippen LogP contribution is -2.40. The van der Waals surface area contributed by atoms with Crippen molar-refractivity contribution in [2.45, 2.75) is 39.2 Å². The third-order valence-corrected chi connectivity index (χ3v) is 4.68. The highest BCUT2D eigenvalue weighted by Crippen LogP contribution is 2.35. The van der Waals surface area contributed by atoms with Crippen molar-refractivity contribution >= 4 is 23.3 Å². The van der Waals surface area contributed by atoms with Crippen molar-refractivity contribution in [2.75, 3.05) is 19.7 Å². The Labute approximate surface area is 129 Å². The second kappa shape index (κ2) is 7.45. The molecule has 0 aromatic carbocycles. The summed E-state index contributed by atoms with van der Waals surface area (Å²) in [5.74, 6) is 0.0931. The Balaban J connectivity index is 1.89. The minimum Gasteiger partial charge on any atom is -0.450 e. The number of hydrogen-bond acceptors (Lipinski definition) is 4. The SMILES string of the molecule is CCOC(=O)NCCC(=O)N1CCc2sccc2[C@H]1CC. The van der Waals surface area contributed by atoms with E-state index in [1.54, 1.807) is 18.3 Å². The molecule has 21 heavy (non-hydrogen) atoms. The molecule has 1 aliphatic heterocycles. The first-order valence-electron chi connectivity index (χ1n) is 7.43. The van der Waals surface area contributed by atoms with Crippen molar-refractivity contribution in [3.05, 3.63) is 21.9 Å². The molecule has 0 saturated carbocycles. The zero-order valence-electron chi connectivity index (χ0n) is 12.6. The highest BCUT2D eigenvalue weighted by Gasteiger charge is 2.29. The number of nitrogens with one attached hydrogen (secondary N) is 1. The average Bonchev–Trinajstić information content (AvgIpc) is 2.94. The molecule has 6 heteroatoms. The summed E-state index contributed by atoms with van der Waals surface area (Å²) in [6, 6.07) is 2.31. The highest BCUT2D eigenvalue weighted by atomic mass is 32.1. The fraction of sp³-hybridized carbons (Fsp3) is 0.600. The fourth-order valence-electron chi connectivity index (χ4n) is 2.73. The summed E-state index contributed by atoms with van der Waals surface area (Å²) in [6.07, 6.45) is 1.70. The Kier molecular flexibility index (Phi) is 5.61. The van der Waals surface area contributed by atoms with E-state index in [1.807, 2.05) is 4.90 Å². The van der Waals surface area contributed by atoms with E-state index in [1.165, 1.54) is 10.4 Å². The molecule has 0 radical (unpaired) electrons. The summed E-state index contributed by atoms with van der Waals surface area (Å²) < 4.78 is 4.77. The molecule has 0 aliphatic carbocycles. The number of carbonyl (C=O) groups is 2. The van der Waals surface area contributed by atoms with Crippen molar-refractivity contribution in [3.63, 3.8) is 0 Å². The highest BCUT2D eigenvalue weighted by molar-refractivity contribution is 7.10. The van der Waals surface area contributed by atoms with E-state index in [0.717, 1.165) is 19.4 Å². The number of rotatable bonds is 5. The normalized spacial score (nSPS) is 17.2. The van der Waals surface area contributed by atoms with Gasteiger partial charge in [0.1, 0.15) is 0 Å². The third kappa shape index (κ3) is 3.75. The summed E-state index contributed by atoms with van der Waals surface area (Å²) in [5.41, 5.74) is 1.29. The monoisotopic (exact) mass is 310 g/mol. The van der Waals surface area contributed by atoms with Gasteiger partial charge in [-0.15, -0.1) is 11.3 Å². The van der Waals surface area contributed by atoms with Gasteiger partial charge < -0.3 is 15.0 Å². The van der Waals surface area contributed by atoms with Crippen LogP contribution in [0.4, 0.5) is 4.79 Å². The third-order valence-electron chi connectivity index (χ3n) is 3.69. The van der Waals surface area contributed by atoms with Crippen LogP contribution in [-0.4, -0.2) is 36.6 Å². The first kappa shape index (κ1) is 15.8. The van der Waals surface area contributed by atoms with Gasteiger partial charge in [-0.05, 0) is 36.8 Å². The van der Waals surface area contributed by atoms with Gasteiger partial charge in [0.2, 0.25) is 5.91 Å². The maximum absolute atomic E-state index is 12.4. The molecule has 1 atom stereocenters. The summed E-state index contributed by atoms with van der Waals surface area (Å²) in [5, 5.41) is 4.69. The van der Waals surface area contributed by atoms with Crippen LogP contribution >= 0.6 is 11.3 Å². The molecule has 0 saturated heterocycles. The van der Waals surface area contributed by atoms with Gasteiger partial charge in [0.25, 0.3) is 0 Å². The van der Waals surface area contributed by atoms with Gasteiger partial charge in [0.15, 0.2) is 0 Å². The molecule has 116 valence electrons. The number of carbonyl (C=O) groups excluding carboxylic acids is 2. The Hall–Kier alpha value is -1.56. The zero-order valence-corrected chi connectivity index (χ0v) is 13.4. The van der Waals surface area contributed by atoms with E-state index >= 15 is 0 Å². The zero-order chi connectivity index (χ0) is 15.2. The van der Waals surface area contributed by atoms with Gasteiger partial charge in [-0.3, -0.25) is 4.79 Å². The van der Waals surface area contributed by atoms with Crippen molar-refractivity contribution < 1.29 is 14.3 Å². The number of ether oxygens (including phenoxy) is 1. The average molecular weight is 310 g/mol. The minimum atomic E-state index is -0.462. The van der Waals surface area contributed by atoms with Crippen LogP contribution in [0.25, 0.3) is 0 Å². The van der Waals surface area contributed by atoms with Crippen LogP contribution in [0.15, 0.2) is 11.4 Å². The van der Waals surface area contributed by atoms with E-state index < -0.39 is 6.09 Å². The van der Waals surface area contributed by atoms with Gasteiger partial charge in [-0.2, -0.15) is 0 Å². The molecule has 2 heterocycles. The molecule has 1 aliphatic rings. The van der Waals surface area contributed by atoms with Crippen LogP contribution in [0.3, 0.4) is 0 Å². The van der Waals surface area contributed by atoms with Crippen LogP contribution in [-0.2, 0) is 16.0 Å². The number of hydrogen-bond donors (Lipinski definition) is 1. The summed E-state index contributed by atoms with van der Waals surface area (Å²) in [6.45, 7) is 5.29. The maximum atomic E-state index is 12.4. The molecular formula is C15H22N2O3S. The van der Waals surface area contributed by atoms with Crippen LogP contribution in [0.2, 0.25) is 0 Å². The molecule has 1 aromatic heterocycles. The number of fused-ring (bicyclic) bond motifs is 1. The maximum Gasteiger partial charge on any atom is 0.407 e. The lowest BCUT2D eigenvalue weighted by Gasteiger charge is -2.35. The molecule has 1 aromatic rings. The Morgan fingerprint density at radius 1 is 1.48 bits per heavy atom. The van der Waals surface area contributed by atoms with E-state index in [4.69, 9.17) is 4.74 Å². The van der Waals surface area contributed by atoms with E-state index in [9.17, 15) is 9.59 Å². The lowest BCUT2D eigenvalue weighted by atomic mass is 9.97. The lowest BCUT2D eigenvalue weighted by molar-refractivity contribution is -0.134. The number of thiophene rings is 1. The second-order valence-corrected chi connectivity index (χ2v) is 5.96. The van der Waals surface area contributed by atoms with Gasteiger partial charge in [-0.25, -0.2) is 4.79 Å². The van der Waals surface area contributed by atoms with Crippen LogP contribution in [0, 0.1) is 0 Å². The van der Waals surface area contributed by atoms with E-state index in [-0.39, 0.29) is 11.9 Å². The Morgan fingerprint density at radius 2 is 2.29 bits per heavy atom. The quantitative estimate of drug-likeness (QED) is 0.909. The molecule has 0 spiro atoms. The standard InChI is InChI=1S/C15H22N2O3S/c1-3-12-11-7-10-21-13(11)6-9-17(12)14(18)5-8-16-15(19)20-4-2/h7,10,12H,3-6,8-9H2,1-2H3,(H,16,19)/t12-/m1/s1. The second-order valence-electron chi connectivity index (χ2n) is 4.96. The largest absolute Gasteiger partial charge is 0.450 e. The van der Waals surface area contributed by atoms with E-state index in [0.29, 0.717) is 19.6 Å². The Bertz CT molecular complexity index is 501. The summed E-state index contributed by atoms with van der Waals surface area (Å²) in [4.78, 5) is 26.9. The summed E-state index contributed by atoms with van der Waals surface area (Å²) in [7, 11) is 0. The van der Waals surface area contributed by atoms with Crippen LogP contribution in [0.5, 0.6) is 0 Å². The molecule has 2 amide bonds. The van der Waals surface area contributed by atoms with Crippen molar-refractivity contribution in [2.24, 2.45) is 0 Å². The topological polar surface area (TPSA) is 58.6 Å². The molecular weight excluding hydrogens is 288 g/mol. The van der Waals surface area contributed by atoms with Gasteiger partial charge >= 0.3 is 6.09 Å². The molecule has 0 bridgehead atoms. The van der Waals surface area contributed by atoms with Crippen LogP contribution in [0.1, 0.15) is 43.2 Å². The van der Waals surface area contributed by atoms with Crippen molar-refractivity contribution in [1.29, 1.82) is 0 Å². The number of alkyl carbamates (subject to hydrolysis) is 1. The number of nitrogens with zero attached hydrogens (tertiary/aromatic N) is 1. The molecule has 5 nitrogen and oxygen atoms in total. The smallest absolute Gasteiger partial charge is 0.407 e. The first-order chi connectivity index (χ1) is 10.2. The molecule has 2 rings (SSSR count). The predicted octanol–water partition coefficient (Wildman–Crippen LogP) is 2.72. The van der Waals surface area contributed by atoms with Crippen LogP contribution < -0.4 is 5.32 Å². The number of amides is 2. The fourth-order valence-corrected chi connectivity index (χ4v) is 3.66. The van der Waals surface area contributed by atoms with Crippen molar-refractivity contribution in [1.82, 2.24) is 10.2 Å². The van der Waals surface area contributed by atoms with Gasteiger partial charge in [-0.1, -0.05) is 6.92 Å².